The molecule has 0 fully saturated rings. The first-order valence-corrected chi connectivity index (χ1v) is 10.6. The number of hydrogen-bond donors (Lipinski definition) is 0. The van der Waals surface area contributed by atoms with Crippen LogP contribution in [-0.4, -0.2) is 31.1 Å². The van der Waals surface area contributed by atoms with Gasteiger partial charge in [-0.2, -0.15) is 0 Å². The lowest BCUT2D eigenvalue weighted by Gasteiger charge is -2.25. The number of sulfonamides is 1. The monoisotopic (exact) mass is 402 g/mol. The van der Waals surface area contributed by atoms with Crippen molar-refractivity contribution in [2.45, 2.75) is 31.2 Å². The summed E-state index contributed by atoms with van der Waals surface area (Å²) in [6, 6.07) is 13.9. The molecule has 0 saturated heterocycles. The Balaban J connectivity index is 1.90. The lowest BCUT2D eigenvalue weighted by molar-refractivity contribution is 0.584. The predicted molar refractivity (Wildman–Crippen MR) is 108 cm³/mol. The van der Waals surface area contributed by atoms with Crippen LogP contribution in [0.25, 0.3) is 11.0 Å². The van der Waals surface area contributed by atoms with E-state index in [9.17, 15) is 8.42 Å². The van der Waals surface area contributed by atoms with Crippen molar-refractivity contribution in [1.82, 2.24) is 9.97 Å². The van der Waals surface area contributed by atoms with E-state index in [0.29, 0.717) is 22.2 Å². The van der Waals surface area contributed by atoms with E-state index in [-0.39, 0.29) is 17.6 Å². The summed E-state index contributed by atoms with van der Waals surface area (Å²) in [5.74, 6) is 0.947. The number of benzene rings is 2. The minimum absolute atomic E-state index is 0.124. The van der Waals surface area contributed by atoms with Gasteiger partial charge in [0.1, 0.15) is 6.67 Å². The van der Waals surface area contributed by atoms with Crippen molar-refractivity contribution in [3.8, 4) is 0 Å². The van der Waals surface area contributed by atoms with Crippen molar-refractivity contribution >= 4 is 44.3 Å². The molecule has 0 radical (unpaired) electrons. The lowest BCUT2D eigenvalue weighted by Crippen LogP contribution is -2.39. The smallest absolute Gasteiger partial charge is 0.267 e. The Labute approximate surface area is 163 Å². The van der Waals surface area contributed by atoms with E-state index in [1.165, 1.54) is 10.4 Å². The predicted octanol–water partition coefficient (Wildman–Crippen LogP) is 4.05. The molecule has 140 valence electrons. The maximum Gasteiger partial charge on any atom is 0.267 e. The molecule has 27 heavy (non-hydrogen) atoms. The number of rotatable bonds is 4. The molecule has 0 saturated carbocycles. The number of anilines is 2. The molecule has 1 aromatic heterocycles. The van der Waals surface area contributed by atoms with Crippen molar-refractivity contribution in [2.24, 2.45) is 0 Å². The summed E-state index contributed by atoms with van der Waals surface area (Å²) in [5, 5.41) is 0.374. The van der Waals surface area contributed by atoms with Crippen LogP contribution in [0.4, 0.5) is 11.6 Å². The maximum atomic E-state index is 13.3. The molecule has 8 heteroatoms. The van der Waals surface area contributed by atoms with Gasteiger partial charge in [0.15, 0.2) is 11.6 Å². The molecule has 0 bridgehead atoms. The highest BCUT2D eigenvalue weighted by molar-refractivity contribution is 7.92. The summed E-state index contributed by atoms with van der Waals surface area (Å²) < 4.78 is 27.9. The van der Waals surface area contributed by atoms with Gasteiger partial charge in [0.2, 0.25) is 0 Å². The van der Waals surface area contributed by atoms with E-state index in [1.54, 1.807) is 18.2 Å². The number of nitrogens with zero attached hydrogens (tertiary/aromatic N) is 4. The number of hydrogen-bond acceptors (Lipinski definition) is 5. The summed E-state index contributed by atoms with van der Waals surface area (Å²) in [5.41, 5.74) is 1.40. The van der Waals surface area contributed by atoms with Crippen LogP contribution in [-0.2, 0) is 10.0 Å². The molecule has 3 aromatic rings. The third kappa shape index (κ3) is 3.00. The Hall–Kier alpha value is -2.38. The van der Waals surface area contributed by atoms with Crippen LogP contribution in [0.15, 0.2) is 53.4 Å². The molecule has 0 amide bonds. The molecule has 0 spiro atoms. The first-order valence-electron chi connectivity index (χ1n) is 8.73. The van der Waals surface area contributed by atoms with E-state index in [0.717, 1.165) is 11.9 Å². The van der Waals surface area contributed by atoms with E-state index in [1.807, 2.05) is 29.2 Å². The second kappa shape index (κ2) is 6.65. The van der Waals surface area contributed by atoms with Crippen molar-refractivity contribution in [2.75, 3.05) is 15.9 Å². The minimum Gasteiger partial charge on any atom is -0.332 e. The second-order valence-electron chi connectivity index (χ2n) is 6.54. The molecule has 6 nitrogen and oxygen atoms in total. The summed E-state index contributed by atoms with van der Waals surface area (Å²) in [6.45, 7) is 4.29. The number of fused-ring (bicyclic) bond motifs is 2. The van der Waals surface area contributed by atoms with Gasteiger partial charge in [-0.3, -0.25) is 0 Å². The number of para-hydroxylation sites is 2. The van der Waals surface area contributed by atoms with Gasteiger partial charge < -0.3 is 4.90 Å². The number of halogens is 1. The summed E-state index contributed by atoms with van der Waals surface area (Å²) in [7, 11) is -3.81. The van der Waals surface area contributed by atoms with Gasteiger partial charge in [-0.25, -0.2) is 22.7 Å². The van der Waals surface area contributed by atoms with E-state index >= 15 is 0 Å². The Bertz CT molecular complexity index is 1120. The zero-order valence-electron chi connectivity index (χ0n) is 15.0. The normalized spacial score (nSPS) is 15.2. The van der Waals surface area contributed by atoms with Crippen molar-refractivity contribution in [3.63, 3.8) is 0 Å². The third-order valence-electron chi connectivity index (χ3n) is 4.83. The first-order chi connectivity index (χ1) is 12.9. The van der Waals surface area contributed by atoms with E-state index < -0.39 is 10.0 Å². The summed E-state index contributed by atoms with van der Waals surface area (Å²) in [6.07, 6.45) is 0.860. The molecule has 2 heterocycles. The fourth-order valence-electron chi connectivity index (χ4n) is 3.13. The standard InChI is InChI=1S/C19H19ClN4O2S/c1-3-13(2)23-12-24(27(25,26)15-8-6-7-14(20)11-15)19-18(23)21-16-9-4-5-10-17(16)22-19/h4-11,13H,3,12H2,1-2H3/t13-/m1/s1. The van der Waals surface area contributed by atoms with Crippen LogP contribution in [0.3, 0.4) is 0 Å². The Morgan fingerprint density at radius 1 is 1.07 bits per heavy atom. The highest BCUT2D eigenvalue weighted by Gasteiger charge is 2.39. The van der Waals surface area contributed by atoms with E-state index in [4.69, 9.17) is 16.6 Å². The molecular formula is C19H19ClN4O2S. The summed E-state index contributed by atoms with van der Waals surface area (Å²) >= 11 is 6.02. The van der Waals surface area contributed by atoms with Crippen LogP contribution in [0.2, 0.25) is 5.02 Å². The maximum absolute atomic E-state index is 13.3. The molecule has 4 rings (SSSR count). The quantitative estimate of drug-likeness (QED) is 0.658. The van der Waals surface area contributed by atoms with Gasteiger partial charge in [0.25, 0.3) is 10.0 Å². The van der Waals surface area contributed by atoms with Gasteiger partial charge in [-0.1, -0.05) is 36.7 Å². The highest BCUT2D eigenvalue weighted by Crippen LogP contribution is 2.39. The fourth-order valence-corrected chi connectivity index (χ4v) is 4.79. The van der Waals surface area contributed by atoms with Gasteiger partial charge in [0, 0.05) is 11.1 Å². The second-order valence-corrected chi connectivity index (χ2v) is 8.84. The molecular weight excluding hydrogens is 384 g/mol. The molecule has 1 aliphatic heterocycles. The van der Waals surface area contributed by atoms with E-state index in [2.05, 4.69) is 18.8 Å². The zero-order chi connectivity index (χ0) is 19.2. The van der Waals surface area contributed by atoms with Gasteiger partial charge in [0.05, 0.1) is 15.9 Å². The average molecular weight is 403 g/mol. The first kappa shape index (κ1) is 18.0. The van der Waals surface area contributed by atoms with Gasteiger partial charge in [-0.05, 0) is 43.7 Å². The zero-order valence-corrected chi connectivity index (χ0v) is 16.6. The summed E-state index contributed by atoms with van der Waals surface area (Å²) in [4.78, 5) is 11.5. The Morgan fingerprint density at radius 2 is 1.74 bits per heavy atom. The van der Waals surface area contributed by atoms with Crippen LogP contribution in [0.1, 0.15) is 20.3 Å². The third-order valence-corrected chi connectivity index (χ3v) is 6.78. The Kier molecular flexibility index (Phi) is 4.44. The lowest BCUT2D eigenvalue weighted by atomic mass is 10.2. The average Bonchev–Trinajstić information content (AvgIpc) is 3.04. The molecule has 1 atom stereocenters. The molecule has 0 N–H and O–H groups in total. The number of aromatic nitrogens is 2. The fraction of sp³-hybridized carbons (Fsp3) is 0.263. The Morgan fingerprint density at radius 3 is 2.37 bits per heavy atom. The molecule has 1 aliphatic rings. The van der Waals surface area contributed by atoms with Crippen molar-refractivity contribution < 1.29 is 8.42 Å². The van der Waals surface area contributed by atoms with Crippen LogP contribution in [0, 0.1) is 0 Å². The van der Waals surface area contributed by atoms with Crippen LogP contribution in [0.5, 0.6) is 0 Å². The minimum atomic E-state index is -3.81. The largest absolute Gasteiger partial charge is 0.332 e. The SMILES string of the molecule is CC[C@@H](C)N1CN(S(=O)(=O)c2cccc(Cl)c2)c2nc3ccccc3nc21. The molecule has 2 aromatic carbocycles. The van der Waals surface area contributed by atoms with Crippen molar-refractivity contribution in [1.29, 1.82) is 0 Å². The van der Waals surface area contributed by atoms with Crippen molar-refractivity contribution in [3.05, 3.63) is 53.6 Å². The topological polar surface area (TPSA) is 66.4 Å². The molecule has 0 unspecified atom stereocenters. The van der Waals surface area contributed by atoms with Crippen LogP contribution < -0.4 is 9.21 Å². The highest BCUT2D eigenvalue weighted by atomic mass is 35.5. The van der Waals surface area contributed by atoms with Crippen LogP contribution >= 0.6 is 11.6 Å². The van der Waals surface area contributed by atoms with Gasteiger partial charge in [-0.15, -0.1) is 0 Å². The molecule has 0 aliphatic carbocycles. The van der Waals surface area contributed by atoms with Gasteiger partial charge >= 0.3 is 0 Å².